The number of carbonyl (C=O) groups is 2. The van der Waals surface area contributed by atoms with E-state index in [0.717, 1.165) is 23.3 Å². The van der Waals surface area contributed by atoms with E-state index in [1.54, 1.807) is 36.5 Å². The summed E-state index contributed by atoms with van der Waals surface area (Å²) >= 11 is 0. The third-order valence-electron chi connectivity index (χ3n) is 3.82. The van der Waals surface area contributed by atoms with Gasteiger partial charge in [-0.1, -0.05) is 12.1 Å². The number of urea groups is 1. The number of anilines is 3. The van der Waals surface area contributed by atoms with Gasteiger partial charge in [-0.15, -0.1) is 13.2 Å². The lowest BCUT2D eigenvalue weighted by molar-refractivity contribution is -0.274. The molecular formula is C20H17F3N4O3. The van der Waals surface area contributed by atoms with Crippen LogP contribution >= 0.6 is 0 Å². The van der Waals surface area contributed by atoms with Gasteiger partial charge in [0.15, 0.2) is 0 Å². The Morgan fingerprint density at radius 1 is 0.867 bits per heavy atom. The minimum absolute atomic E-state index is 0.184. The van der Waals surface area contributed by atoms with Gasteiger partial charge in [-0.25, -0.2) is 4.79 Å². The normalized spacial score (nSPS) is 10.9. The Bertz CT molecular complexity index is 1030. The van der Waals surface area contributed by atoms with Crippen LogP contribution in [0.15, 0.2) is 60.8 Å². The lowest BCUT2D eigenvalue weighted by Gasteiger charge is -2.11. The Hall–Kier alpha value is -3.95. The maximum atomic E-state index is 12.2. The summed E-state index contributed by atoms with van der Waals surface area (Å²) in [6, 6.07) is 13.0. The van der Waals surface area contributed by atoms with Crippen LogP contribution in [0.4, 0.5) is 35.2 Å². The molecule has 3 aromatic rings. The van der Waals surface area contributed by atoms with Gasteiger partial charge in [0, 0.05) is 30.1 Å². The van der Waals surface area contributed by atoms with Crippen LogP contribution in [-0.2, 0) is 4.79 Å². The third kappa shape index (κ3) is 6.03. The number of carbonyl (C=O) groups excluding carboxylic acids is 2. The molecule has 0 unspecified atom stereocenters. The fraction of sp³-hybridized carbons (Fsp3) is 0.100. The summed E-state index contributed by atoms with van der Waals surface area (Å²) in [6.07, 6.45) is -3.03. The van der Waals surface area contributed by atoms with Crippen molar-refractivity contribution in [1.29, 1.82) is 0 Å². The zero-order valence-electron chi connectivity index (χ0n) is 15.6. The first kappa shape index (κ1) is 20.8. The van der Waals surface area contributed by atoms with E-state index in [9.17, 15) is 22.8 Å². The average molecular weight is 418 g/mol. The van der Waals surface area contributed by atoms with Gasteiger partial charge in [-0.05, 0) is 48.0 Å². The van der Waals surface area contributed by atoms with E-state index in [-0.39, 0.29) is 11.7 Å². The monoisotopic (exact) mass is 418 g/mol. The molecule has 0 saturated heterocycles. The Morgan fingerprint density at radius 2 is 1.43 bits per heavy atom. The number of benzene rings is 2. The largest absolute Gasteiger partial charge is 0.573 e. The predicted octanol–water partition coefficient (Wildman–Crippen LogP) is 5.18. The summed E-state index contributed by atoms with van der Waals surface area (Å²) < 4.78 is 40.3. The first-order valence-corrected chi connectivity index (χ1v) is 8.68. The molecule has 0 bridgehead atoms. The van der Waals surface area contributed by atoms with Gasteiger partial charge in [-0.3, -0.25) is 4.79 Å². The zero-order chi connectivity index (χ0) is 21.7. The molecule has 0 aliphatic rings. The average Bonchev–Trinajstić information content (AvgIpc) is 3.10. The highest BCUT2D eigenvalue weighted by molar-refractivity contribution is 5.99. The minimum atomic E-state index is -4.77. The number of amides is 3. The van der Waals surface area contributed by atoms with Crippen molar-refractivity contribution < 1.29 is 27.5 Å². The molecule has 1 heterocycles. The van der Waals surface area contributed by atoms with Crippen LogP contribution in [0.1, 0.15) is 6.92 Å². The summed E-state index contributed by atoms with van der Waals surface area (Å²) in [4.78, 5) is 26.1. The van der Waals surface area contributed by atoms with E-state index in [1.807, 2.05) is 0 Å². The van der Waals surface area contributed by atoms with Crippen LogP contribution < -0.4 is 20.7 Å². The van der Waals surface area contributed by atoms with Gasteiger partial charge < -0.3 is 25.7 Å². The van der Waals surface area contributed by atoms with Crippen LogP contribution in [0.2, 0.25) is 0 Å². The first-order valence-electron chi connectivity index (χ1n) is 8.68. The molecular weight excluding hydrogens is 401 g/mol. The minimum Gasteiger partial charge on any atom is -0.406 e. The lowest BCUT2D eigenvalue weighted by atomic mass is 10.1. The number of alkyl halides is 3. The van der Waals surface area contributed by atoms with E-state index in [4.69, 9.17) is 0 Å². The summed E-state index contributed by atoms with van der Waals surface area (Å²) in [5.74, 6) is 0.0117. The second kappa shape index (κ2) is 8.60. The summed E-state index contributed by atoms with van der Waals surface area (Å²) in [5, 5.41) is 7.79. The molecule has 0 aliphatic heterocycles. The van der Waals surface area contributed by atoms with Crippen molar-refractivity contribution in [3.8, 4) is 16.9 Å². The van der Waals surface area contributed by atoms with E-state index < -0.39 is 12.4 Å². The van der Waals surface area contributed by atoms with E-state index in [0.29, 0.717) is 17.2 Å². The van der Waals surface area contributed by atoms with Crippen molar-refractivity contribution in [1.82, 2.24) is 4.98 Å². The molecule has 2 aromatic carbocycles. The highest BCUT2D eigenvalue weighted by Gasteiger charge is 2.30. The molecule has 1 aromatic heterocycles. The van der Waals surface area contributed by atoms with Crippen LogP contribution in [0.25, 0.3) is 11.1 Å². The summed E-state index contributed by atoms with van der Waals surface area (Å²) in [5.41, 5.74) is 2.55. The Balaban J connectivity index is 1.57. The standard InChI is InChI=1S/C20H17F3N4O3/c1-12(28)25-18-10-14(11-24-18)13-2-4-15(5-3-13)26-19(29)27-16-6-8-17(9-7-16)30-20(21,22)23/h2-11,24H,1H3,(H,25,28)(H2,26,27,29). The Kier molecular flexibility index (Phi) is 5.95. The Morgan fingerprint density at radius 3 is 1.97 bits per heavy atom. The highest BCUT2D eigenvalue weighted by Crippen LogP contribution is 2.25. The van der Waals surface area contributed by atoms with Gasteiger partial charge in [0.2, 0.25) is 5.91 Å². The van der Waals surface area contributed by atoms with Crippen molar-refractivity contribution in [2.45, 2.75) is 13.3 Å². The molecule has 0 atom stereocenters. The van der Waals surface area contributed by atoms with Crippen molar-refractivity contribution in [2.24, 2.45) is 0 Å². The molecule has 3 rings (SSSR count). The van der Waals surface area contributed by atoms with Crippen molar-refractivity contribution in [2.75, 3.05) is 16.0 Å². The number of nitrogens with one attached hydrogen (secondary N) is 4. The lowest BCUT2D eigenvalue weighted by Crippen LogP contribution is -2.19. The quantitative estimate of drug-likeness (QED) is 0.460. The van der Waals surface area contributed by atoms with Crippen LogP contribution in [-0.4, -0.2) is 23.3 Å². The molecule has 30 heavy (non-hydrogen) atoms. The molecule has 0 saturated carbocycles. The molecule has 0 radical (unpaired) electrons. The van der Waals surface area contributed by atoms with E-state index in [1.165, 1.54) is 19.1 Å². The van der Waals surface area contributed by atoms with Crippen LogP contribution in [0.5, 0.6) is 5.75 Å². The number of hydrogen-bond donors (Lipinski definition) is 4. The fourth-order valence-corrected chi connectivity index (χ4v) is 2.60. The fourth-order valence-electron chi connectivity index (χ4n) is 2.60. The van der Waals surface area contributed by atoms with Crippen molar-refractivity contribution in [3.63, 3.8) is 0 Å². The number of ether oxygens (including phenoxy) is 1. The SMILES string of the molecule is CC(=O)Nc1cc(-c2ccc(NC(=O)Nc3ccc(OC(F)(F)F)cc3)cc2)c[nH]1. The van der Waals surface area contributed by atoms with Crippen molar-refractivity contribution in [3.05, 3.63) is 60.8 Å². The Labute approximate surface area is 169 Å². The molecule has 3 amide bonds. The third-order valence-corrected chi connectivity index (χ3v) is 3.82. The van der Waals surface area contributed by atoms with E-state index >= 15 is 0 Å². The number of H-pyrrole nitrogens is 1. The highest BCUT2D eigenvalue weighted by atomic mass is 19.4. The van der Waals surface area contributed by atoms with Crippen LogP contribution in [0.3, 0.4) is 0 Å². The summed E-state index contributed by atoms with van der Waals surface area (Å²) in [6.45, 7) is 1.41. The molecule has 0 fully saturated rings. The first-order chi connectivity index (χ1) is 14.2. The molecule has 10 heteroatoms. The van der Waals surface area contributed by atoms with Gasteiger partial charge >= 0.3 is 12.4 Å². The van der Waals surface area contributed by atoms with Crippen LogP contribution in [0, 0.1) is 0 Å². The molecule has 0 aliphatic carbocycles. The number of hydrogen-bond acceptors (Lipinski definition) is 3. The molecule has 156 valence electrons. The number of halogens is 3. The van der Waals surface area contributed by atoms with Crippen molar-refractivity contribution >= 4 is 29.1 Å². The molecule has 4 N–H and O–H groups in total. The topological polar surface area (TPSA) is 95.2 Å². The van der Waals surface area contributed by atoms with Gasteiger partial charge in [0.25, 0.3) is 0 Å². The van der Waals surface area contributed by atoms with Gasteiger partial charge in [0.1, 0.15) is 11.6 Å². The smallest absolute Gasteiger partial charge is 0.406 e. The maximum absolute atomic E-state index is 12.2. The molecule has 0 spiro atoms. The number of aromatic amines is 1. The van der Waals surface area contributed by atoms with E-state index in [2.05, 4.69) is 25.7 Å². The van der Waals surface area contributed by atoms with Gasteiger partial charge in [-0.2, -0.15) is 0 Å². The van der Waals surface area contributed by atoms with Gasteiger partial charge in [0.05, 0.1) is 0 Å². The zero-order valence-corrected chi connectivity index (χ0v) is 15.6. The predicted molar refractivity (Wildman–Crippen MR) is 106 cm³/mol. The maximum Gasteiger partial charge on any atom is 0.573 e. The summed E-state index contributed by atoms with van der Waals surface area (Å²) in [7, 11) is 0. The number of rotatable bonds is 5. The number of aromatic nitrogens is 1. The molecule has 7 nitrogen and oxygen atoms in total. The second-order valence-corrected chi connectivity index (χ2v) is 6.21. The second-order valence-electron chi connectivity index (χ2n) is 6.21.